The number of carbonyl (C=O) groups excluding carboxylic acids is 1. The van der Waals surface area contributed by atoms with Crippen molar-refractivity contribution >= 4 is 5.97 Å². The maximum atomic E-state index is 11.4. The molecule has 0 heterocycles. The van der Waals surface area contributed by atoms with E-state index in [-0.39, 0.29) is 12.0 Å². The summed E-state index contributed by atoms with van der Waals surface area (Å²) in [4.78, 5) is 11.4. The van der Waals surface area contributed by atoms with E-state index < -0.39 is 0 Å². The fourth-order valence-corrected chi connectivity index (χ4v) is 1.43. The molecule has 0 bridgehead atoms. The number of hydrogen-bond donors (Lipinski definition) is 1. The van der Waals surface area contributed by atoms with Crippen molar-refractivity contribution in [1.29, 1.82) is 0 Å². The topological polar surface area (TPSA) is 63.2 Å². The highest BCUT2D eigenvalue weighted by Crippen LogP contribution is 2.13. The Bertz CT molecular complexity index is 352. The van der Waals surface area contributed by atoms with Gasteiger partial charge in [-0.25, -0.2) is 4.79 Å². The Hall–Kier alpha value is -1.55. The van der Waals surface area contributed by atoms with Gasteiger partial charge in [-0.15, -0.1) is 0 Å². The van der Waals surface area contributed by atoms with Crippen molar-refractivity contribution in [3.63, 3.8) is 0 Å². The van der Waals surface area contributed by atoms with Gasteiger partial charge in [0.1, 0.15) is 5.75 Å². The third-order valence-electron chi connectivity index (χ3n) is 2.24. The molecule has 1 atom stereocenters. The van der Waals surface area contributed by atoms with Crippen LogP contribution in [0.1, 0.15) is 12.5 Å². The lowest BCUT2D eigenvalue weighted by atomic mass is 10.1. The highest BCUT2D eigenvalue weighted by molar-refractivity contribution is 5.74. The fourth-order valence-electron chi connectivity index (χ4n) is 1.43. The number of ether oxygens (including phenoxy) is 2. The molecule has 1 aromatic carbocycles. The second kappa shape index (κ2) is 6.12. The van der Waals surface area contributed by atoms with Crippen molar-refractivity contribution < 1.29 is 20.0 Å². The lowest BCUT2D eigenvalue weighted by Crippen LogP contribution is -2.66. The SMILES string of the molecule is CCOC(=O)[C@H]([NH3+])Cc1cccc(OC)c1. The molecule has 0 unspecified atom stereocenters. The van der Waals surface area contributed by atoms with Crippen LogP contribution in [0, 0.1) is 0 Å². The van der Waals surface area contributed by atoms with E-state index in [0.717, 1.165) is 11.3 Å². The molecule has 0 saturated heterocycles. The van der Waals surface area contributed by atoms with Gasteiger partial charge in [-0.1, -0.05) is 12.1 Å². The van der Waals surface area contributed by atoms with Crippen LogP contribution in [0.4, 0.5) is 0 Å². The number of benzene rings is 1. The number of carbonyl (C=O) groups is 1. The zero-order valence-electron chi connectivity index (χ0n) is 9.73. The van der Waals surface area contributed by atoms with Crippen molar-refractivity contribution in [2.75, 3.05) is 13.7 Å². The van der Waals surface area contributed by atoms with Gasteiger partial charge >= 0.3 is 5.97 Å². The Morgan fingerprint density at radius 2 is 2.25 bits per heavy atom. The molecule has 3 N–H and O–H groups in total. The Balaban J connectivity index is 2.61. The van der Waals surface area contributed by atoms with Gasteiger partial charge in [0.15, 0.2) is 6.04 Å². The first-order valence-corrected chi connectivity index (χ1v) is 5.30. The molecule has 0 saturated carbocycles. The van der Waals surface area contributed by atoms with Gasteiger partial charge in [-0.05, 0) is 24.6 Å². The molecule has 88 valence electrons. The minimum absolute atomic E-state index is 0.259. The second-order valence-electron chi connectivity index (χ2n) is 3.50. The largest absolute Gasteiger partial charge is 0.497 e. The average molecular weight is 224 g/mol. The number of esters is 1. The first kappa shape index (κ1) is 12.5. The first-order chi connectivity index (χ1) is 7.67. The summed E-state index contributed by atoms with van der Waals surface area (Å²) < 4.78 is 10.0. The zero-order chi connectivity index (χ0) is 12.0. The predicted octanol–water partition coefficient (Wildman–Crippen LogP) is 0.411. The maximum absolute atomic E-state index is 11.4. The molecule has 0 radical (unpaired) electrons. The molecule has 0 aliphatic heterocycles. The average Bonchev–Trinajstić information content (AvgIpc) is 2.29. The van der Waals surface area contributed by atoms with Gasteiger partial charge in [0.25, 0.3) is 0 Å². The predicted molar refractivity (Wildman–Crippen MR) is 60.0 cm³/mol. The molecule has 4 heteroatoms. The summed E-state index contributed by atoms with van der Waals surface area (Å²) in [6, 6.07) is 7.24. The summed E-state index contributed by atoms with van der Waals surface area (Å²) in [5.74, 6) is 0.527. The molecule has 0 amide bonds. The summed E-state index contributed by atoms with van der Waals surface area (Å²) in [7, 11) is 1.62. The van der Waals surface area contributed by atoms with Crippen LogP contribution < -0.4 is 10.5 Å². The normalized spacial score (nSPS) is 11.9. The third kappa shape index (κ3) is 3.55. The summed E-state index contributed by atoms with van der Waals surface area (Å²) in [6.07, 6.45) is 0.566. The van der Waals surface area contributed by atoms with Crippen molar-refractivity contribution in [1.82, 2.24) is 0 Å². The molecule has 0 fully saturated rings. The van der Waals surface area contributed by atoms with E-state index in [9.17, 15) is 4.79 Å². The van der Waals surface area contributed by atoms with E-state index in [1.165, 1.54) is 0 Å². The van der Waals surface area contributed by atoms with E-state index in [1.54, 1.807) is 14.0 Å². The van der Waals surface area contributed by atoms with Crippen LogP contribution in [0.2, 0.25) is 0 Å². The summed E-state index contributed by atoms with van der Waals surface area (Å²) in [5.41, 5.74) is 4.81. The smallest absolute Gasteiger partial charge is 0.365 e. The Labute approximate surface area is 95.3 Å². The maximum Gasteiger partial charge on any atom is 0.365 e. The monoisotopic (exact) mass is 224 g/mol. The van der Waals surface area contributed by atoms with Crippen LogP contribution in [-0.2, 0) is 16.0 Å². The Kier molecular flexibility index (Phi) is 4.79. The zero-order valence-corrected chi connectivity index (χ0v) is 9.73. The van der Waals surface area contributed by atoms with E-state index in [0.29, 0.717) is 13.0 Å². The molecule has 0 spiro atoms. The molecule has 0 aliphatic carbocycles. The lowest BCUT2D eigenvalue weighted by molar-refractivity contribution is -0.407. The van der Waals surface area contributed by atoms with E-state index in [4.69, 9.17) is 9.47 Å². The molecular formula is C12H18NO3+. The minimum Gasteiger partial charge on any atom is -0.497 e. The number of rotatable bonds is 5. The van der Waals surface area contributed by atoms with Crippen molar-refractivity contribution in [2.45, 2.75) is 19.4 Å². The number of hydrogen-bond acceptors (Lipinski definition) is 3. The van der Waals surface area contributed by atoms with Gasteiger partial charge < -0.3 is 15.2 Å². The van der Waals surface area contributed by atoms with Crippen LogP contribution in [0.25, 0.3) is 0 Å². The van der Waals surface area contributed by atoms with Gasteiger partial charge in [0.05, 0.1) is 13.7 Å². The van der Waals surface area contributed by atoms with Crippen LogP contribution in [0.15, 0.2) is 24.3 Å². The Morgan fingerprint density at radius 3 is 2.88 bits per heavy atom. The minimum atomic E-state index is -0.368. The highest BCUT2D eigenvalue weighted by atomic mass is 16.5. The number of methoxy groups -OCH3 is 1. The highest BCUT2D eigenvalue weighted by Gasteiger charge is 2.18. The third-order valence-corrected chi connectivity index (χ3v) is 2.24. The first-order valence-electron chi connectivity index (χ1n) is 5.30. The summed E-state index contributed by atoms with van der Waals surface area (Å²) >= 11 is 0. The molecule has 0 aromatic heterocycles. The fraction of sp³-hybridized carbons (Fsp3) is 0.417. The second-order valence-corrected chi connectivity index (χ2v) is 3.50. The molecule has 16 heavy (non-hydrogen) atoms. The molecule has 1 rings (SSSR count). The Morgan fingerprint density at radius 1 is 1.50 bits per heavy atom. The van der Waals surface area contributed by atoms with Gasteiger partial charge in [-0.3, -0.25) is 0 Å². The van der Waals surface area contributed by atoms with Crippen LogP contribution >= 0.6 is 0 Å². The van der Waals surface area contributed by atoms with Crippen molar-refractivity contribution in [3.05, 3.63) is 29.8 Å². The lowest BCUT2D eigenvalue weighted by Gasteiger charge is -2.08. The summed E-state index contributed by atoms with van der Waals surface area (Å²) in [6.45, 7) is 2.18. The quantitative estimate of drug-likeness (QED) is 0.737. The van der Waals surface area contributed by atoms with Crippen LogP contribution in [-0.4, -0.2) is 25.7 Å². The molecule has 0 aliphatic rings. The van der Waals surface area contributed by atoms with Gasteiger partial charge in [0, 0.05) is 6.42 Å². The van der Waals surface area contributed by atoms with Crippen LogP contribution in [0.3, 0.4) is 0 Å². The van der Waals surface area contributed by atoms with Crippen LogP contribution in [0.5, 0.6) is 5.75 Å². The summed E-state index contributed by atoms with van der Waals surface area (Å²) in [5, 5.41) is 0. The molecular weight excluding hydrogens is 206 g/mol. The van der Waals surface area contributed by atoms with E-state index in [1.807, 2.05) is 24.3 Å². The standard InChI is InChI=1S/C12H17NO3/c1-3-16-12(14)11(13)8-9-5-4-6-10(7-9)15-2/h4-7,11H,3,8,13H2,1-2H3/p+1/t11-/m1/s1. The molecule has 4 nitrogen and oxygen atoms in total. The van der Waals surface area contributed by atoms with Gasteiger partial charge in [0.2, 0.25) is 0 Å². The number of quaternary nitrogens is 1. The van der Waals surface area contributed by atoms with E-state index >= 15 is 0 Å². The van der Waals surface area contributed by atoms with E-state index in [2.05, 4.69) is 5.73 Å². The molecule has 1 aromatic rings. The van der Waals surface area contributed by atoms with Crippen molar-refractivity contribution in [2.24, 2.45) is 0 Å². The van der Waals surface area contributed by atoms with Crippen molar-refractivity contribution in [3.8, 4) is 5.75 Å². The van der Waals surface area contributed by atoms with Gasteiger partial charge in [-0.2, -0.15) is 0 Å².